The average Bonchev–Trinajstić information content (AvgIpc) is 3.17. The molecule has 2 N–H and O–H groups in total. The van der Waals surface area contributed by atoms with Crippen LogP contribution in [0.1, 0.15) is 17.4 Å². The second-order valence-electron chi connectivity index (χ2n) is 6.84. The highest BCUT2D eigenvalue weighted by Gasteiger charge is 2.31. The third kappa shape index (κ3) is 3.53. The number of benzene rings is 1. The van der Waals surface area contributed by atoms with Gasteiger partial charge in [0.05, 0.1) is 13.7 Å². The maximum atomic E-state index is 13.2. The molecule has 1 amide bonds. The van der Waals surface area contributed by atoms with Crippen molar-refractivity contribution in [2.45, 2.75) is 13.1 Å². The first kappa shape index (κ1) is 18.3. The number of rotatable bonds is 5. The molecule has 0 radical (unpaired) electrons. The Morgan fingerprint density at radius 3 is 2.93 bits per heavy atom. The van der Waals surface area contributed by atoms with E-state index < -0.39 is 0 Å². The number of H-pyrrole nitrogens is 1. The predicted octanol–water partition coefficient (Wildman–Crippen LogP) is 2.47. The van der Waals surface area contributed by atoms with Crippen LogP contribution in [-0.4, -0.2) is 60.2 Å². The summed E-state index contributed by atoms with van der Waals surface area (Å²) in [6, 6.07) is 13.6. The number of ether oxygens (including phenoxy) is 1. The molecule has 7 heteroatoms. The van der Waals surface area contributed by atoms with Crippen LogP contribution >= 0.6 is 0 Å². The molecule has 1 saturated heterocycles. The Labute approximate surface area is 164 Å². The molecule has 1 aliphatic heterocycles. The number of aromatic amines is 1. The fourth-order valence-electron chi connectivity index (χ4n) is 3.69. The lowest BCUT2D eigenvalue weighted by Crippen LogP contribution is -2.61. The van der Waals surface area contributed by atoms with Gasteiger partial charge in [-0.1, -0.05) is 13.0 Å². The summed E-state index contributed by atoms with van der Waals surface area (Å²) in [5.41, 5.74) is 1.52. The first-order valence-corrected chi connectivity index (χ1v) is 9.56. The van der Waals surface area contributed by atoms with Gasteiger partial charge in [0.2, 0.25) is 0 Å². The molecule has 0 saturated carbocycles. The molecule has 7 nitrogen and oxygen atoms in total. The number of aromatic nitrogens is 2. The Hall–Kier alpha value is -3.06. The highest BCUT2D eigenvalue weighted by Crippen LogP contribution is 2.23. The van der Waals surface area contributed by atoms with Gasteiger partial charge in [-0.05, 0) is 42.9 Å². The number of anilines is 1. The number of pyridine rings is 1. The van der Waals surface area contributed by atoms with Gasteiger partial charge in [-0.25, -0.2) is 4.98 Å². The highest BCUT2D eigenvalue weighted by molar-refractivity contribution is 5.98. The van der Waals surface area contributed by atoms with E-state index in [9.17, 15) is 4.79 Å². The van der Waals surface area contributed by atoms with Crippen molar-refractivity contribution in [2.75, 3.05) is 38.2 Å². The van der Waals surface area contributed by atoms with Gasteiger partial charge >= 0.3 is 0 Å². The summed E-state index contributed by atoms with van der Waals surface area (Å²) in [5.74, 6) is 1.72. The third-order valence-corrected chi connectivity index (χ3v) is 5.11. The number of carbonyl (C=O) groups is 1. The van der Waals surface area contributed by atoms with Gasteiger partial charge < -0.3 is 19.5 Å². The number of likely N-dealkylation sites (N-methyl/N-ethyl adjacent to an activating group) is 1. The standard InChI is InChI=1S/C21H25N5O2/c1-3-22-20-14-25(19-6-4-5-9-23-19)10-11-26(20)21(27)18-13-15-12-16(28-2)7-8-17(15)24-18/h4-9,12-13,20,22,24H,3,10-11,14H2,1-2H3. The van der Waals surface area contributed by atoms with Crippen molar-refractivity contribution in [2.24, 2.45) is 0 Å². The van der Waals surface area contributed by atoms with E-state index >= 15 is 0 Å². The number of hydrogen-bond acceptors (Lipinski definition) is 5. The Morgan fingerprint density at radius 1 is 1.29 bits per heavy atom. The van der Waals surface area contributed by atoms with Gasteiger partial charge in [-0.3, -0.25) is 10.1 Å². The van der Waals surface area contributed by atoms with Crippen LogP contribution in [0.5, 0.6) is 5.75 Å². The molecule has 0 bridgehead atoms. The summed E-state index contributed by atoms with van der Waals surface area (Å²) >= 11 is 0. The van der Waals surface area contributed by atoms with Crippen molar-refractivity contribution >= 4 is 22.6 Å². The lowest BCUT2D eigenvalue weighted by Gasteiger charge is -2.42. The van der Waals surface area contributed by atoms with Crippen molar-refractivity contribution in [3.8, 4) is 5.75 Å². The molecule has 146 valence electrons. The van der Waals surface area contributed by atoms with Crippen LogP contribution in [0.15, 0.2) is 48.7 Å². The maximum absolute atomic E-state index is 13.2. The SMILES string of the molecule is CCNC1CN(c2ccccn2)CCN1C(=O)c1cc2cc(OC)ccc2[nH]1. The highest BCUT2D eigenvalue weighted by atomic mass is 16.5. The number of fused-ring (bicyclic) bond motifs is 1. The number of carbonyl (C=O) groups excluding carboxylic acids is 1. The zero-order valence-corrected chi connectivity index (χ0v) is 16.2. The van der Waals surface area contributed by atoms with E-state index in [-0.39, 0.29) is 12.1 Å². The quantitative estimate of drug-likeness (QED) is 0.712. The molecule has 3 aromatic rings. The second kappa shape index (κ2) is 7.90. The minimum absolute atomic E-state index is 0.00166. The van der Waals surface area contributed by atoms with Gasteiger partial charge in [-0.15, -0.1) is 0 Å². The number of nitrogens with one attached hydrogen (secondary N) is 2. The number of methoxy groups -OCH3 is 1. The monoisotopic (exact) mass is 379 g/mol. The Morgan fingerprint density at radius 2 is 2.18 bits per heavy atom. The summed E-state index contributed by atoms with van der Waals surface area (Å²) in [5, 5.41) is 4.41. The minimum atomic E-state index is -0.0748. The first-order chi connectivity index (χ1) is 13.7. The molecule has 2 aromatic heterocycles. The van der Waals surface area contributed by atoms with Crippen LogP contribution in [0, 0.1) is 0 Å². The van der Waals surface area contributed by atoms with Crippen LogP contribution < -0.4 is 15.0 Å². The van der Waals surface area contributed by atoms with E-state index in [0.717, 1.165) is 35.6 Å². The van der Waals surface area contributed by atoms with Crippen molar-refractivity contribution in [3.63, 3.8) is 0 Å². The van der Waals surface area contributed by atoms with Crippen molar-refractivity contribution < 1.29 is 9.53 Å². The van der Waals surface area contributed by atoms with Crippen LogP contribution in [0.3, 0.4) is 0 Å². The van der Waals surface area contributed by atoms with E-state index in [0.29, 0.717) is 18.8 Å². The normalized spacial score (nSPS) is 17.1. The Bertz CT molecular complexity index is 956. The van der Waals surface area contributed by atoms with E-state index in [1.54, 1.807) is 13.3 Å². The van der Waals surface area contributed by atoms with Gasteiger partial charge in [0, 0.05) is 30.2 Å². The molecule has 1 aliphatic rings. The molecule has 1 atom stereocenters. The van der Waals surface area contributed by atoms with Gasteiger partial charge in [-0.2, -0.15) is 0 Å². The predicted molar refractivity (Wildman–Crippen MR) is 110 cm³/mol. The first-order valence-electron chi connectivity index (χ1n) is 9.56. The van der Waals surface area contributed by atoms with Crippen LogP contribution in [0.4, 0.5) is 5.82 Å². The number of amides is 1. The van der Waals surface area contributed by atoms with Gasteiger partial charge in [0.15, 0.2) is 0 Å². The fourth-order valence-corrected chi connectivity index (χ4v) is 3.69. The van der Waals surface area contributed by atoms with Gasteiger partial charge in [0.25, 0.3) is 5.91 Å². The Kier molecular flexibility index (Phi) is 5.16. The molecule has 28 heavy (non-hydrogen) atoms. The number of piperazine rings is 1. The molecule has 1 unspecified atom stereocenters. The van der Waals surface area contributed by atoms with Crippen LogP contribution in [0.2, 0.25) is 0 Å². The van der Waals surface area contributed by atoms with E-state index in [1.165, 1.54) is 0 Å². The minimum Gasteiger partial charge on any atom is -0.497 e. The van der Waals surface area contributed by atoms with Crippen LogP contribution in [-0.2, 0) is 0 Å². The van der Waals surface area contributed by atoms with Crippen molar-refractivity contribution in [1.29, 1.82) is 0 Å². The second-order valence-corrected chi connectivity index (χ2v) is 6.84. The van der Waals surface area contributed by atoms with E-state index in [4.69, 9.17) is 4.74 Å². The maximum Gasteiger partial charge on any atom is 0.271 e. The van der Waals surface area contributed by atoms with Crippen molar-refractivity contribution in [3.05, 3.63) is 54.4 Å². The molecular formula is C21H25N5O2. The average molecular weight is 379 g/mol. The lowest BCUT2D eigenvalue weighted by molar-refractivity contribution is 0.0612. The summed E-state index contributed by atoms with van der Waals surface area (Å²) < 4.78 is 5.28. The van der Waals surface area contributed by atoms with E-state index in [1.807, 2.05) is 47.4 Å². The fraction of sp³-hybridized carbons (Fsp3) is 0.333. The third-order valence-electron chi connectivity index (χ3n) is 5.11. The summed E-state index contributed by atoms with van der Waals surface area (Å²) in [6.07, 6.45) is 1.72. The molecule has 0 aliphatic carbocycles. The summed E-state index contributed by atoms with van der Waals surface area (Å²) in [7, 11) is 1.64. The molecule has 0 spiro atoms. The zero-order chi connectivity index (χ0) is 19.5. The summed E-state index contributed by atoms with van der Waals surface area (Å²) in [4.78, 5) is 25.1. The van der Waals surface area contributed by atoms with E-state index in [2.05, 4.69) is 27.1 Å². The molecule has 1 aromatic carbocycles. The topological polar surface area (TPSA) is 73.5 Å². The summed E-state index contributed by atoms with van der Waals surface area (Å²) in [6.45, 7) is 4.92. The number of hydrogen-bond donors (Lipinski definition) is 2. The van der Waals surface area contributed by atoms with Gasteiger partial charge in [0.1, 0.15) is 23.4 Å². The van der Waals surface area contributed by atoms with Crippen molar-refractivity contribution in [1.82, 2.24) is 20.2 Å². The molecule has 3 heterocycles. The zero-order valence-electron chi connectivity index (χ0n) is 16.2. The van der Waals surface area contributed by atoms with Crippen LogP contribution in [0.25, 0.3) is 10.9 Å². The molecular weight excluding hydrogens is 354 g/mol. The molecule has 1 fully saturated rings. The smallest absolute Gasteiger partial charge is 0.271 e. The Balaban J connectivity index is 1.56. The lowest BCUT2D eigenvalue weighted by atomic mass is 10.2. The number of nitrogens with zero attached hydrogens (tertiary/aromatic N) is 3. The largest absolute Gasteiger partial charge is 0.497 e. The molecule has 4 rings (SSSR count).